The lowest BCUT2D eigenvalue weighted by atomic mass is 9.97. The lowest BCUT2D eigenvalue weighted by molar-refractivity contribution is -0.121. The maximum Gasteiger partial charge on any atom is 0.409 e. The van der Waals surface area contributed by atoms with Crippen LogP contribution in [0.3, 0.4) is 0 Å². The maximum atomic E-state index is 12.4. The first kappa shape index (κ1) is 15.7. The molecule has 2 aromatic rings. The van der Waals surface area contributed by atoms with Gasteiger partial charge in [0.25, 0.3) is 0 Å². The van der Waals surface area contributed by atoms with Crippen LogP contribution in [0.15, 0.2) is 18.2 Å². The molecule has 2 amide bonds. The Bertz CT molecular complexity index is 743. The summed E-state index contributed by atoms with van der Waals surface area (Å²) in [6, 6.07) is 6.02. The number of ether oxygens (including phenoxy) is 1. The number of nitrogens with one attached hydrogen (secondary N) is 1. The highest BCUT2D eigenvalue weighted by molar-refractivity contribution is 7.22. The lowest BCUT2D eigenvalue weighted by Gasteiger charge is -2.30. The molecule has 0 saturated carbocycles. The van der Waals surface area contributed by atoms with Crippen LogP contribution in [0.4, 0.5) is 9.93 Å². The average molecular weight is 333 g/mol. The van der Waals surface area contributed by atoms with Crippen LogP contribution in [0, 0.1) is 12.8 Å². The van der Waals surface area contributed by atoms with E-state index in [-0.39, 0.29) is 17.9 Å². The highest BCUT2D eigenvalue weighted by Crippen LogP contribution is 2.27. The third-order valence-corrected chi connectivity index (χ3v) is 4.93. The molecule has 1 unspecified atom stereocenters. The summed E-state index contributed by atoms with van der Waals surface area (Å²) in [6.07, 6.45) is 1.19. The van der Waals surface area contributed by atoms with Crippen molar-refractivity contribution in [3.63, 3.8) is 0 Å². The summed E-state index contributed by atoms with van der Waals surface area (Å²) in [5.41, 5.74) is 2.05. The van der Waals surface area contributed by atoms with E-state index in [2.05, 4.69) is 16.4 Å². The first-order chi connectivity index (χ1) is 11.1. The van der Waals surface area contributed by atoms with Gasteiger partial charge in [-0.05, 0) is 37.5 Å². The first-order valence-corrected chi connectivity index (χ1v) is 8.39. The predicted molar refractivity (Wildman–Crippen MR) is 89.7 cm³/mol. The van der Waals surface area contributed by atoms with Gasteiger partial charge in [0, 0.05) is 13.1 Å². The normalized spacial score (nSPS) is 18.0. The number of likely N-dealkylation sites (tertiary alicyclic amines) is 1. The van der Waals surface area contributed by atoms with Crippen molar-refractivity contribution >= 4 is 38.7 Å². The summed E-state index contributed by atoms with van der Waals surface area (Å²) in [5.74, 6) is -0.314. The molecule has 0 radical (unpaired) electrons. The number of carbonyl (C=O) groups excluding carboxylic acids is 2. The van der Waals surface area contributed by atoms with Gasteiger partial charge < -0.3 is 15.0 Å². The van der Waals surface area contributed by atoms with E-state index < -0.39 is 0 Å². The Balaban J connectivity index is 1.68. The number of carbonyl (C=O) groups is 2. The molecule has 0 bridgehead atoms. The average Bonchev–Trinajstić information content (AvgIpc) is 2.95. The van der Waals surface area contributed by atoms with Crippen molar-refractivity contribution in [2.24, 2.45) is 5.92 Å². The number of methoxy groups -OCH3 is 1. The summed E-state index contributed by atoms with van der Waals surface area (Å²) in [6.45, 7) is 3.06. The van der Waals surface area contributed by atoms with Gasteiger partial charge in [-0.1, -0.05) is 17.4 Å². The quantitative estimate of drug-likeness (QED) is 0.917. The van der Waals surface area contributed by atoms with Crippen molar-refractivity contribution in [3.8, 4) is 0 Å². The summed E-state index contributed by atoms with van der Waals surface area (Å²) in [4.78, 5) is 30.1. The summed E-state index contributed by atoms with van der Waals surface area (Å²) < 4.78 is 5.79. The number of fused-ring (bicyclic) bond motifs is 1. The number of aryl methyl sites for hydroxylation is 1. The zero-order valence-corrected chi connectivity index (χ0v) is 14.0. The van der Waals surface area contributed by atoms with E-state index in [0.29, 0.717) is 18.2 Å². The van der Waals surface area contributed by atoms with E-state index in [1.807, 2.05) is 19.1 Å². The molecular formula is C16H19N3O3S. The number of nitrogens with zero attached hydrogens (tertiary/aromatic N) is 2. The molecule has 1 aliphatic rings. The Labute approximate surface area is 138 Å². The molecule has 7 heteroatoms. The second-order valence-electron chi connectivity index (χ2n) is 5.73. The zero-order chi connectivity index (χ0) is 16.4. The van der Waals surface area contributed by atoms with Crippen LogP contribution < -0.4 is 5.32 Å². The molecule has 1 saturated heterocycles. The third-order valence-electron chi connectivity index (χ3n) is 4.00. The number of hydrogen-bond acceptors (Lipinski definition) is 5. The van der Waals surface area contributed by atoms with Crippen LogP contribution in [0.25, 0.3) is 10.2 Å². The van der Waals surface area contributed by atoms with E-state index >= 15 is 0 Å². The van der Waals surface area contributed by atoms with Gasteiger partial charge in [-0.25, -0.2) is 9.78 Å². The summed E-state index contributed by atoms with van der Waals surface area (Å²) >= 11 is 1.47. The second kappa shape index (κ2) is 6.54. The number of hydrogen-bond donors (Lipinski definition) is 1. The van der Waals surface area contributed by atoms with Crippen LogP contribution in [-0.2, 0) is 9.53 Å². The van der Waals surface area contributed by atoms with E-state index in [1.54, 1.807) is 4.90 Å². The van der Waals surface area contributed by atoms with Gasteiger partial charge in [0.2, 0.25) is 5.91 Å². The number of rotatable bonds is 2. The minimum Gasteiger partial charge on any atom is -0.453 e. The summed E-state index contributed by atoms with van der Waals surface area (Å²) in [7, 11) is 1.36. The lowest BCUT2D eigenvalue weighted by Crippen LogP contribution is -2.43. The Morgan fingerprint density at radius 3 is 3.04 bits per heavy atom. The summed E-state index contributed by atoms with van der Waals surface area (Å²) in [5, 5.41) is 3.49. The number of thiazole rings is 1. The molecule has 1 aromatic carbocycles. The molecule has 1 atom stereocenters. The zero-order valence-electron chi connectivity index (χ0n) is 13.2. The number of aromatic nitrogens is 1. The fourth-order valence-electron chi connectivity index (χ4n) is 2.78. The Morgan fingerprint density at radius 2 is 2.26 bits per heavy atom. The van der Waals surface area contributed by atoms with Gasteiger partial charge >= 0.3 is 6.09 Å². The number of benzene rings is 1. The number of amides is 2. The highest BCUT2D eigenvalue weighted by Gasteiger charge is 2.29. The molecule has 1 N–H and O–H groups in total. The van der Waals surface area contributed by atoms with Gasteiger partial charge in [0.15, 0.2) is 5.13 Å². The van der Waals surface area contributed by atoms with Gasteiger partial charge in [-0.2, -0.15) is 0 Å². The van der Waals surface area contributed by atoms with Crippen molar-refractivity contribution < 1.29 is 14.3 Å². The van der Waals surface area contributed by atoms with Crippen molar-refractivity contribution in [2.75, 3.05) is 25.5 Å². The van der Waals surface area contributed by atoms with Gasteiger partial charge in [0.1, 0.15) is 0 Å². The highest BCUT2D eigenvalue weighted by atomic mass is 32.1. The molecule has 1 fully saturated rings. The smallest absolute Gasteiger partial charge is 0.409 e. The third kappa shape index (κ3) is 3.44. The molecule has 0 spiro atoms. The SMILES string of the molecule is COC(=O)N1CCCC(C(=O)Nc2nc3ccc(C)cc3s2)C1. The molecular weight excluding hydrogens is 314 g/mol. The van der Waals surface area contributed by atoms with Crippen LogP contribution in [-0.4, -0.2) is 42.1 Å². The standard InChI is InChI=1S/C16H19N3O3S/c1-10-5-6-12-13(8-10)23-15(17-12)18-14(20)11-4-3-7-19(9-11)16(21)22-2/h5-6,8,11H,3-4,7,9H2,1-2H3,(H,17,18,20). The second-order valence-corrected chi connectivity index (χ2v) is 6.77. The monoisotopic (exact) mass is 333 g/mol. The van der Waals surface area contributed by atoms with Crippen molar-refractivity contribution in [1.82, 2.24) is 9.88 Å². The van der Waals surface area contributed by atoms with Crippen molar-refractivity contribution in [3.05, 3.63) is 23.8 Å². The molecule has 23 heavy (non-hydrogen) atoms. The van der Waals surface area contributed by atoms with E-state index in [9.17, 15) is 9.59 Å². The number of anilines is 1. The minimum absolute atomic E-state index is 0.0885. The fraction of sp³-hybridized carbons (Fsp3) is 0.438. The first-order valence-electron chi connectivity index (χ1n) is 7.58. The van der Waals surface area contributed by atoms with E-state index in [1.165, 1.54) is 24.0 Å². The van der Waals surface area contributed by atoms with Crippen LogP contribution in [0.2, 0.25) is 0 Å². The molecule has 1 aromatic heterocycles. The van der Waals surface area contributed by atoms with Gasteiger partial charge in [-0.3, -0.25) is 4.79 Å². The minimum atomic E-state index is -0.377. The number of piperidine rings is 1. The Morgan fingerprint density at radius 1 is 1.43 bits per heavy atom. The molecule has 122 valence electrons. The topological polar surface area (TPSA) is 71.5 Å². The predicted octanol–water partition coefficient (Wildman–Crippen LogP) is 3.02. The Kier molecular flexibility index (Phi) is 4.47. The van der Waals surface area contributed by atoms with Crippen LogP contribution in [0.5, 0.6) is 0 Å². The largest absolute Gasteiger partial charge is 0.453 e. The van der Waals surface area contributed by atoms with Crippen molar-refractivity contribution in [1.29, 1.82) is 0 Å². The molecule has 1 aliphatic heterocycles. The van der Waals surface area contributed by atoms with Crippen LogP contribution >= 0.6 is 11.3 Å². The molecule has 6 nitrogen and oxygen atoms in total. The molecule has 0 aliphatic carbocycles. The van der Waals surface area contributed by atoms with Gasteiger partial charge in [0.05, 0.1) is 23.2 Å². The molecule has 2 heterocycles. The van der Waals surface area contributed by atoms with E-state index in [0.717, 1.165) is 23.1 Å². The maximum absolute atomic E-state index is 12.4. The Hall–Kier alpha value is -2.15. The van der Waals surface area contributed by atoms with Gasteiger partial charge in [-0.15, -0.1) is 0 Å². The molecule has 3 rings (SSSR count). The van der Waals surface area contributed by atoms with Crippen LogP contribution in [0.1, 0.15) is 18.4 Å². The van der Waals surface area contributed by atoms with Crippen molar-refractivity contribution in [2.45, 2.75) is 19.8 Å². The fourth-order valence-corrected chi connectivity index (χ4v) is 3.75. The van der Waals surface area contributed by atoms with E-state index in [4.69, 9.17) is 4.74 Å².